The number of halogens is 1. The first-order chi connectivity index (χ1) is 10.2. The third-order valence-corrected chi connectivity index (χ3v) is 3.94. The van der Waals surface area contributed by atoms with Crippen molar-refractivity contribution in [2.75, 3.05) is 5.32 Å². The van der Waals surface area contributed by atoms with Crippen LogP contribution >= 0.6 is 22.6 Å². The molecule has 1 N–H and O–H groups in total. The van der Waals surface area contributed by atoms with Gasteiger partial charge in [-0.05, 0) is 24.3 Å². The summed E-state index contributed by atoms with van der Waals surface area (Å²) in [6.07, 6.45) is 0. The van der Waals surface area contributed by atoms with Crippen molar-refractivity contribution >= 4 is 45.2 Å². The molecule has 1 heterocycles. The molecule has 0 saturated heterocycles. The first kappa shape index (κ1) is 14.0. The Bertz CT molecular complexity index is 723. The lowest BCUT2D eigenvalue weighted by molar-refractivity contribution is -0.115. The SMILES string of the molecule is O=C(Nc1ccccc1)[C@H](I)Cn1nc2ccccc2n1. The number of benzene rings is 2. The van der Waals surface area contributed by atoms with Crippen molar-refractivity contribution in [3.8, 4) is 0 Å². The number of fused-ring (bicyclic) bond motifs is 1. The van der Waals surface area contributed by atoms with Crippen LogP contribution in [0.4, 0.5) is 5.69 Å². The van der Waals surface area contributed by atoms with Crippen LogP contribution in [0.3, 0.4) is 0 Å². The number of aromatic nitrogens is 3. The van der Waals surface area contributed by atoms with Gasteiger partial charge in [0.1, 0.15) is 15.0 Å². The van der Waals surface area contributed by atoms with E-state index >= 15 is 0 Å². The van der Waals surface area contributed by atoms with Crippen LogP contribution in [0.1, 0.15) is 0 Å². The first-order valence-electron chi connectivity index (χ1n) is 6.52. The normalized spacial score (nSPS) is 12.2. The monoisotopic (exact) mass is 392 g/mol. The molecule has 0 aliphatic carbocycles. The van der Waals surface area contributed by atoms with Gasteiger partial charge in [0.2, 0.25) is 5.91 Å². The van der Waals surface area contributed by atoms with E-state index in [-0.39, 0.29) is 9.83 Å². The molecule has 21 heavy (non-hydrogen) atoms. The minimum absolute atomic E-state index is 0.0526. The Hall–Kier alpha value is -1.96. The molecule has 1 aromatic heterocycles. The lowest BCUT2D eigenvalue weighted by Crippen LogP contribution is -2.27. The number of amides is 1. The number of hydrogen-bond donors (Lipinski definition) is 1. The zero-order valence-corrected chi connectivity index (χ0v) is 13.3. The van der Waals surface area contributed by atoms with Crippen LogP contribution in [-0.2, 0) is 11.3 Å². The summed E-state index contributed by atoms with van der Waals surface area (Å²) in [4.78, 5) is 13.7. The van der Waals surface area contributed by atoms with Gasteiger partial charge in [-0.1, -0.05) is 52.9 Å². The van der Waals surface area contributed by atoms with E-state index in [9.17, 15) is 4.79 Å². The molecule has 2 aromatic carbocycles. The summed E-state index contributed by atoms with van der Waals surface area (Å²) in [6.45, 7) is 0.438. The zero-order chi connectivity index (χ0) is 14.7. The van der Waals surface area contributed by atoms with Crippen LogP contribution < -0.4 is 5.32 Å². The molecule has 0 saturated carbocycles. The Morgan fingerprint density at radius 1 is 1.05 bits per heavy atom. The topological polar surface area (TPSA) is 59.8 Å². The van der Waals surface area contributed by atoms with Gasteiger partial charge >= 0.3 is 0 Å². The highest BCUT2D eigenvalue weighted by molar-refractivity contribution is 14.1. The maximum Gasteiger partial charge on any atom is 0.239 e. The number of rotatable bonds is 4. The van der Waals surface area contributed by atoms with Crippen LogP contribution in [0.5, 0.6) is 0 Å². The molecule has 0 bridgehead atoms. The summed E-state index contributed by atoms with van der Waals surface area (Å²) < 4.78 is -0.246. The van der Waals surface area contributed by atoms with E-state index in [2.05, 4.69) is 38.1 Å². The predicted octanol–water partition coefficient (Wildman–Crippen LogP) is 2.87. The van der Waals surface area contributed by atoms with Crippen LogP contribution in [0.25, 0.3) is 11.0 Å². The number of nitrogens with zero attached hydrogens (tertiary/aromatic N) is 3. The highest BCUT2D eigenvalue weighted by atomic mass is 127. The maximum absolute atomic E-state index is 12.1. The van der Waals surface area contributed by atoms with Crippen LogP contribution in [0.15, 0.2) is 54.6 Å². The van der Waals surface area contributed by atoms with Crippen LogP contribution in [0.2, 0.25) is 0 Å². The Morgan fingerprint density at radius 2 is 1.62 bits per heavy atom. The second kappa shape index (κ2) is 6.21. The van der Waals surface area contributed by atoms with Gasteiger partial charge in [-0.25, -0.2) is 0 Å². The van der Waals surface area contributed by atoms with Gasteiger partial charge in [0.15, 0.2) is 0 Å². The van der Waals surface area contributed by atoms with Gasteiger partial charge in [0.05, 0.1) is 6.54 Å². The van der Waals surface area contributed by atoms with Crippen LogP contribution in [-0.4, -0.2) is 24.8 Å². The molecule has 6 heteroatoms. The number of carbonyl (C=O) groups is 1. The standard InChI is InChI=1S/C15H13IN4O/c16-12(15(21)17-11-6-2-1-3-7-11)10-20-18-13-8-4-5-9-14(13)19-20/h1-9,12H,10H2,(H,17,21)/t12-/m1/s1. The Labute approximate surface area is 135 Å². The third kappa shape index (κ3) is 3.38. The molecule has 1 atom stereocenters. The van der Waals surface area contributed by atoms with Gasteiger partial charge < -0.3 is 5.32 Å². The minimum Gasteiger partial charge on any atom is -0.325 e. The zero-order valence-electron chi connectivity index (χ0n) is 11.1. The fourth-order valence-corrected chi connectivity index (χ4v) is 2.46. The van der Waals surface area contributed by atoms with Crippen molar-refractivity contribution in [2.45, 2.75) is 10.5 Å². The second-order valence-corrected chi connectivity index (χ2v) is 6.07. The largest absolute Gasteiger partial charge is 0.325 e. The van der Waals surface area contributed by atoms with Crippen molar-refractivity contribution in [1.29, 1.82) is 0 Å². The molecule has 1 amide bonds. The Morgan fingerprint density at radius 3 is 2.24 bits per heavy atom. The molecule has 5 nitrogen and oxygen atoms in total. The van der Waals surface area contributed by atoms with Crippen molar-refractivity contribution in [1.82, 2.24) is 15.0 Å². The number of hydrogen-bond acceptors (Lipinski definition) is 3. The van der Waals surface area contributed by atoms with Crippen molar-refractivity contribution in [3.63, 3.8) is 0 Å². The van der Waals surface area contributed by atoms with Crippen molar-refractivity contribution < 1.29 is 4.79 Å². The lowest BCUT2D eigenvalue weighted by Gasteiger charge is -2.10. The number of carbonyl (C=O) groups excluding carboxylic acids is 1. The smallest absolute Gasteiger partial charge is 0.239 e. The van der Waals surface area contributed by atoms with E-state index in [1.54, 1.807) is 4.80 Å². The fraction of sp³-hybridized carbons (Fsp3) is 0.133. The maximum atomic E-state index is 12.1. The quantitative estimate of drug-likeness (QED) is 0.549. The molecule has 106 valence electrons. The number of nitrogens with one attached hydrogen (secondary N) is 1. The second-order valence-electron chi connectivity index (χ2n) is 4.57. The highest BCUT2D eigenvalue weighted by Gasteiger charge is 2.17. The summed E-state index contributed by atoms with van der Waals surface area (Å²) in [5.41, 5.74) is 2.47. The summed E-state index contributed by atoms with van der Waals surface area (Å²) in [5, 5.41) is 11.6. The molecule has 3 aromatic rings. The summed E-state index contributed by atoms with van der Waals surface area (Å²) in [5.74, 6) is -0.0526. The molecular formula is C15H13IN4O. The van der Waals surface area contributed by atoms with Crippen molar-refractivity contribution in [2.24, 2.45) is 0 Å². The van der Waals surface area contributed by atoms with Gasteiger partial charge in [-0.2, -0.15) is 15.0 Å². The highest BCUT2D eigenvalue weighted by Crippen LogP contribution is 2.12. The van der Waals surface area contributed by atoms with E-state index in [4.69, 9.17) is 0 Å². The Kier molecular flexibility index (Phi) is 4.14. The molecule has 0 fully saturated rings. The van der Waals surface area contributed by atoms with E-state index in [0.29, 0.717) is 6.54 Å². The molecular weight excluding hydrogens is 379 g/mol. The first-order valence-corrected chi connectivity index (χ1v) is 7.77. The summed E-state index contributed by atoms with van der Waals surface area (Å²) in [7, 11) is 0. The molecule has 0 unspecified atom stereocenters. The molecule has 0 radical (unpaired) electrons. The van der Waals surface area contributed by atoms with E-state index in [1.165, 1.54) is 0 Å². The average molecular weight is 392 g/mol. The molecule has 0 aliphatic rings. The van der Waals surface area contributed by atoms with Gasteiger partial charge in [-0.15, -0.1) is 0 Å². The minimum atomic E-state index is -0.246. The molecule has 0 aliphatic heterocycles. The lowest BCUT2D eigenvalue weighted by atomic mass is 10.3. The average Bonchev–Trinajstić information content (AvgIpc) is 2.90. The van der Waals surface area contributed by atoms with E-state index in [1.807, 2.05) is 54.6 Å². The Balaban J connectivity index is 1.67. The fourth-order valence-electron chi connectivity index (χ4n) is 1.95. The van der Waals surface area contributed by atoms with Gasteiger partial charge in [0, 0.05) is 5.69 Å². The number of alkyl halides is 1. The van der Waals surface area contributed by atoms with E-state index in [0.717, 1.165) is 16.7 Å². The van der Waals surface area contributed by atoms with Gasteiger partial charge in [0.25, 0.3) is 0 Å². The molecule has 0 spiro atoms. The van der Waals surface area contributed by atoms with E-state index < -0.39 is 0 Å². The van der Waals surface area contributed by atoms with Gasteiger partial charge in [-0.3, -0.25) is 4.79 Å². The summed E-state index contributed by atoms with van der Waals surface area (Å²) >= 11 is 2.11. The number of para-hydroxylation sites is 1. The van der Waals surface area contributed by atoms with Crippen molar-refractivity contribution in [3.05, 3.63) is 54.6 Å². The van der Waals surface area contributed by atoms with Crippen LogP contribution in [0, 0.1) is 0 Å². The summed E-state index contributed by atoms with van der Waals surface area (Å²) in [6, 6.07) is 17.1. The third-order valence-electron chi connectivity index (χ3n) is 2.98. The molecule has 3 rings (SSSR count). The number of anilines is 1. The predicted molar refractivity (Wildman–Crippen MR) is 90.4 cm³/mol.